The van der Waals surface area contributed by atoms with Gasteiger partial charge in [0.25, 0.3) is 0 Å². The molecule has 23 heavy (non-hydrogen) atoms. The zero-order valence-electron chi connectivity index (χ0n) is 14.5. The van der Waals surface area contributed by atoms with Crippen LogP contribution in [0.2, 0.25) is 0 Å². The van der Waals surface area contributed by atoms with Crippen molar-refractivity contribution in [1.29, 1.82) is 0 Å². The largest absolute Gasteiger partial charge is 0.493 e. The van der Waals surface area contributed by atoms with Gasteiger partial charge < -0.3 is 15.8 Å². The maximum absolute atomic E-state index is 12.1. The van der Waals surface area contributed by atoms with Gasteiger partial charge in [-0.2, -0.15) is 0 Å². The third-order valence-corrected chi connectivity index (χ3v) is 4.76. The Kier molecular flexibility index (Phi) is 6.46. The van der Waals surface area contributed by atoms with Crippen molar-refractivity contribution in [1.82, 2.24) is 5.32 Å². The average molecular weight is 318 g/mol. The van der Waals surface area contributed by atoms with Crippen molar-refractivity contribution in [2.24, 2.45) is 5.73 Å². The minimum Gasteiger partial charge on any atom is -0.493 e. The summed E-state index contributed by atoms with van der Waals surface area (Å²) in [7, 11) is 0. The topological polar surface area (TPSA) is 64.3 Å². The molecule has 1 aliphatic rings. The molecule has 1 fully saturated rings. The summed E-state index contributed by atoms with van der Waals surface area (Å²) >= 11 is 0. The summed E-state index contributed by atoms with van der Waals surface area (Å²) in [5.41, 5.74) is 8.07. The van der Waals surface area contributed by atoms with Crippen LogP contribution in [-0.2, 0) is 4.79 Å². The number of hydrogen-bond donors (Lipinski definition) is 2. The number of carbonyl (C=O) groups excluding carboxylic acids is 1. The molecule has 1 aromatic carbocycles. The summed E-state index contributed by atoms with van der Waals surface area (Å²) in [6.45, 7) is 5.32. The molecule has 128 valence electrons. The molecule has 4 heteroatoms. The van der Waals surface area contributed by atoms with Gasteiger partial charge in [-0.3, -0.25) is 4.79 Å². The van der Waals surface area contributed by atoms with Crippen molar-refractivity contribution in [3.8, 4) is 5.75 Å². The summed E-state index contributed by atoms with van der Waals surface area (Å²) in [5.74, 6) is 1.08. The van der Waals surface area contributed by atoms with Gasteiger partial charge in [-0.25, -0.2) is 0 Å². The van der Waals surface area contributed by atoms with Gasteiger partial charge in [0, 0.05) is 13.0 Å². The van der Waals surface area contributed by atoms with E-state index in [4.69, 9.17) is 10.5 Å². The molecular weight excluding hydrogens is 288 g/mol. The Morgan fingerprint density at radius 3 is 2.70 bits per heavy atom. The lowest BCUT2D eigenvalue weighted by atomic mass is 9.97. The Hall–Kier alpha value is -1.55. The molecule has 0 spiro atoms. The quantitative estimate of drug-likeness (QED) is 0.723. The molecule has 0 atom stereocenters. The van der Waals surface area contributed by atoms with Gasteiger partial charge in [0.2, 0.25) is 5.91 Å². The SMILES string of the molecule is Cc1ccc(C)c(OCCCCC(=O)NC2(CN)CCCC2)c1. The Morgan fingerprint density at radius 2 is 2.00 bits per heavy atom. The lowest BCUT2D eigenvalue weighted by Gasteiger charge is -2.28. The molecule has 0 unspecified atom stereocenters. The molecule has 2 rings (SSSR count). The van der Waals surface area contributed by atoms with Gasteiger partial charge in [0.15, 0.2) is 0 Å². The highest BCUT2D eigenvalue weighted by atomic mass is 16.5. The van der Waals surface area contributed by atoms with Crippen LogP contribution in [0.4, 0.5) is 0 Å². The first-order chi connectivity index (χ1) is 11.0. The van der Waals surface area contributed by atoms with E-state index in [1.165, 1.54) is 18.4 Å². The van der Waals surface area contributed by atoms with Crippen LogP contribution in [0.5, 0.6) is 5.75 Å². The first-order valence-corrected chi connectivity index (χ1v) is 8.76. The number of nitrogens with two attached hydrogens (primary N) is 1. The van der Waals surface area contributed by atoms with Crippen LogP contribution in [0.25, 0.3) is 0 Å². The molecule has 1 saturated carbocycles. The van der Waals surface area contributed by atoms with E-state index in [2.05, 4.69) is 37.4 Å². The molecular formula is C19H30N2O2. The number of ether oxygens (including phenoxy) is 1. The zero-order valence-corrected chi connectivity index (χ0v) is 14.5. The monoisotopic (exact) mass is 318 g/mol. The fraction of sp³-hybridized carbons (Fsp3) is 0.632. The number of amides is 1. The van der Waals surface area contributed by atoms with Crippen LogP contribution >= 0.6 is 0 Å². The standard InChI is InChI=1S/C19H30N2O2/c1-15-8-9-16(2)17(13-15)23-12-6-3-7-18(22)21-19(14-20)10-4-5-11-19/h8-9,13H,3-7,10-12,14,20H2,1-2H3,(H,21,22). The molecule has 0 aliphatic heterocycles. The second-order valence-corrected chi connectivity index (χ2v) is 6.81. The van der Waals surface area contributed by atoms with Crippen molar-refractivity contribution >= 4 is 5.91 Å². The number of benzene rings is 1. The summed E-state index contributed by atoms with van der Waals surface area (Å²) in [6, 6.07) is 6.22. The average Bonchev–Trinajstić information content (AvgIpc) is 2.99. The van der Waals surface area contributed by atoms with Crippen LogP contribution in [0.3, 0.4) is 0 Å². The number of rotatable bonds is 8. The summed E-state index contributed by atoms with van der Waals surface area (Å²) in [5, 5.41) is 3.16. The lowest BCUT2D eigenvalue weighted by molar-refractivity contribution is -0.123. The van der Waals surface area contributed by atoms with Gasteiger partial charge >= 0.3 is 0 Å². The minimum absolute atomic E-state index is 0.129. The van der Waals surface area contributed by atoms with Gasteiger partial charge in [0.05, 0.1) is 12.1 Å². The third-order valence-electron chi connectivity index (χ3n) is 4.76. The molecule has 1 aliphatic carbocycles. The van der Waals surface area contributed by atoms with Crippen LogP contribution in [0.15, 0.2) is 18.2 Å². The predicted octanol–water partition coefficient (Wildman–Crippen LogP) is 3.24. The molecule has 0 aromatic heterocycles. The molecule has 0 heterocycles. The zero-order chi connectivity index (χ0) is 16.7. The van der Waals surface area contributed by atoms with Crippen LogP contribution < -0.4 is 15.8 Å². The van der Waals surface area contributed by atoms with Crippen molar-refractivity contribution < 1.29 is 9.53 Å². The van der Waals surface area contributed by atoms with Crippen molar-refractivity contribution in [3.63, 3.8) is 0 Å². The molecule has 0 bridgehead atoms. The van der Waals surface area contributed by atoms with E-state index >= 15 is 0 Å². The minimum atomic E-state index is -0.133. The lowest BCUT2D eigenvalue weighted by Crippen LogP contribution is -2.51. The van der Waals surface area contributed by atoms with Crippen LogP contribution in [0, 0.1) is 13.8 Å². The molecule has 0 radical (unpaired) electrons. The van der Waals surface area contributed by atoms with E-state index in [0.717, 1.165) is 37.0 Å². The summed E-state index contributed by atoms with van der Waals surface area (Å²) in [6.07, 6.45) is 6.66. The van der Waals surface area contributed by atoms with Crippen molar-refractivity contribution in [2.45, 2.75) is 64.3 Å². The van der Waals surface area contributed by atoms with Crippen LogP contribution in [0.1, 0.15) is 56.1 Å². The van der Waals surface area contributed by atoms with Crippen molar-refractivity contribution in [3.05, 3.63) is 29.3 Å². The summed E-state index contributed by atoms with van der Waals surface area (Å²) in [4.78, 5) is 12.1. The van der Waals surface area contributed by atoms with E-state index in [9.17, 15) is 4.79 Å². The Balaban J connectivity index is 1.65. The fourth-order valence-corrected chi connectivity index (χ4v) is 3.22. The maximum atomic E-state index is 12.1. The van der Waals surface area contributed by atoms with E-state index in [1.54, 1.807) is 0 Å². The molecule has 4 nitrogen and oxygen atoms in total. The second kappa shape index (κ2) is 8.34. The highest BCUT2D eigenvalue weighted by molar-refractivity contribution is 5.76. The smallest absolute Gasteiger partial charge is 0.220 e. The molecule has 1 amide bonds. The highest BCUT2D eigenvalue weighted by Crippen LogP contribution is 2.28. The molecule has 1 aromatic rings. The van der Waals surface area contributed by atoms with E-state index in [1.807, 2.05) is 0 Å². The Labute approximate surface area is 139 Å². The van der Waals surface area contributed by atoms with E-state index in [0.29, 0.717) is 19.6 Å². The first kappa shape index (κ1) is 17.8. The number of aryl methyl sites for hydroxylation is 2. The molecule has 3 N–H and O–H groups in total. The van der Waals surface area contributed by atoms with Crippen LogP contribution in [-0.4, -0.2) is 24.6 Å². The van der Waals surface area contributed by atoms with Gasteiger partial charge in [-0.15, -0.1) is 0 Å². The maximum Gasteiger partial charge on any atom is 0.220 e. The van der Waals surface area contributed by atoms with E-state index in [-0.39, 0.29) is 11.4 Å². The Bertz CT molecular complexity index is 522. The number of unbranched alkanes of at least 4 members (excludes halogenated alkanes) is 1. The number of nitrogens with one attached hydrogen (secondary N) is 1. The molecule has 0 saturated heterocycles. The van der Waals surface area contributed by atoms with Gasteiger partial charge in [-0.05, 0) is 56.7 Å². The summed E-state index contributed by atoms with van der Waals surface area (Å²) < 4.78 is 5.82. The normalized spacial score (nSPS) is 16.3. The van der Waals surface area contributed by atoms with Gasteiger partial charge in [-0.1, -0.05) is 25.0 Å². The van der Waals surface area contributed by atoms with E-state index < -0.39 is 0 Å². The fourth-order valence-electron chi connectivity index (χ4n) is 3.22. The van der Waals surface area contributed by atoms with Crippen molar-refractivity contribution in [2.75, 3.05) is 13.2 Å². The number of carbonyl (C=O) groups is 1. The number of hydrogen-bond acceptors (Lipinski definition) is 3. The third kappa shape index (κ3) is 5.24. The highest BCUT2D eigenvalue weighted by Gasteiger charge is 2.33. The first-order valence-electron chi connectivity index (χ1n) is 8.76. The second-order valence-electron chi connectivity index (χ2n) is 6.81. The predicted molar refractivity (Wildman–Crippen MR) is 93.7 cm³/mol. The Morgan fingerprint density at radius 1 is 1.26 bits per heavy atom. The van der Waals surface area contributed by atoms with Gasteiger partial charge in [0.1, 0.15) is 5.75 Å².